The summed E-state index contributed by atoms with van der Waals surface area (Å²) in [5.41, 5.74) is 2.42. The van der Waals surface area contributed by atoms with Crippen LogP contribution in [0.2, 0.25) is 0 Å². The molecule has 0 saturated carbocycles. The number of hydrogen-bond donors (Lipinski definition) is 1. The van der Waals surface area contributed by atoms with Crippen molar-refractivity contribution >= 4 is 5.91 Å². The van der Waals surface area contributed by atoms with Gasteiger partial charge in [0, 0.05) is 44.1 Å². The van der Waals surface area contributed by atoms with Crippen molar-refractivity contribution in [2.24, 2.45) is 0 Å². The summed E-state index contributed by atoms with van der Waals surface area (Å²) in [6, 6.07) is 14.3. The van der Waals surface area contributed by atoms with Gasteiger partial charge in [-0.2, -0.15) is 0 Å². The van der Waals surface area contributed by atoms with E-state index >= 15 is 0 Å². The molecule has 1 amide bonds. The van der Waals surface area contributed by atoms with Gasteiger partial charge in [-0.1, -0.05) is 42.0 Å². The predicted octanol–water partition coefficient (Wildman–Crippen LogP) is 4.43. The van der Waals surface area contributed by atoms with E-state index in [1.165, 1.54) is 5.57 Å². The summed E-state index contributed by atoms with van der Waals surface area (Å²) in [7, 11) is 0. The first-order valence-corrected chi connectivity index (χ1v) is 9.89. The van der Waals surface area contributed by atoms with Crippen molar-refractivity contribution in [2.75, 3.05) is 19.6 Å². The molecule has 1 aliphatic rings. The maximum absolute atomic E-state index is 12.3. The molecule has 0 atom stereocenters. The monoisotopic (exact) mass is 366 g/mol. The van der Waals surface area contributed by atoms with E-state index in [0.29, 0.717) is 18.9 Å². The maximum atomic E-state index is 12.3. The van der Waals surface area contributed by atoms with Gasteiger partial charge in [-0.15, -0.1) is 0 Å². The largest absolute Gasteiger partial charge is 0.461 e. The van der Waals surface area contributed by atoms with Crippen LogP contribution in [0, 0.1) is 0 Å². The molecule has 1 N–H and O–H groups in total. The lowest BCUT2D eigenvalue weighted by Gasteiger charge is -2.31. The number of furan rings is 1. The van der Waals surface area contributed by atoms with Crippen molar-refractivity contribution in [1.29, 1.82) is 0 Å². The molecule has 0 spiro atoms. The Morgan fingerprint density at radius 1 is 1.15 bits per heavy atom. The van der Waals surface area contributed by atoms with E-state index in [0.717, 1.165) is 49.6 Å². The van der Waals surface area contributed by atoms with Crippen LogP contribution in [0.15, 0.2) is 58.5 Å². The standard InChI is InChI=1S/C23H30N2O2/c1-18(2)12-15-25-16-13-20(14-17-25)24-23(26)11-9-21-8-10-22(27-21)19-6-4-3-5-7-19/h3-8,10,12,20H,9,11,13-17H2,1-2H3,(H,24,26). The third-order valence-corrected chi connectivity index (χ3v) is 5.03. The van der Waals surface area contributed by atoms with Gasteiger partial charge in [0.1, 0.15) is 11.5 Å². The van der Waals surface area contributed by atoms with Gasteiger partial charge in [0.25, 0.3) is 0 Å². The summed E-state index contributed by atoms with van der Waals surface area (Å²) < 4.78 is 5.88. The fourth-order valence-corrected chi connectivity index (χ4v) is 3.38. The van der Waals surface area contributed by atoms with Gasteiger partial charge in [-0.05, 0) is 38.8 Å². The molecular weight excluding hydrogens is 336 g/mol. The Labute approximate surface area is 162 Å². The highest BCUT2D eigenvalue weighted by Gasteiger charge is 2.20. The van der Waals surface area contributed by atoms with E-state index in [2.05, 4.69) is 30.1 Å². The van der Waals surface area contributed by atoms with E-state index in [-0.39, 0.29) is 5.91 Å². The molecule has 2 heterocycles. The van der Waals surface area contributed by atoms with Gasteiger partial charge in [-0.25, -0.2) is 0 Å². The number of amides is 1. The number of nitrogens with zero attached hydrogens (tertiary/aromatic N) is 1. The number of piperidine rings is 1. The number of carbonyl (C=O) groups excluding carboxylic acids is 1. The highest BCUT2D eigenvalue weighted by molar-refractivity contribution is 5.76. The van der Waals surface area contributed by atoms with Crippen LogP contribution in [0.4, 0.5) is 0 Å². The number of hydrogen-bond acceptors (Lipinski definition) is 3. The summed E-state index contributed by atoms with van der Waals surface area (Å²) in [5.74, 6) is 1.84. The van der Waals surface area contributed by atoms with Crippen molar-refractivity contribution in [3.05, 3.63) is 59.9 Å². The van der Waals surface area contributed by atoms with Crippen LogP contribution in [-0.4, -0.2) is 36.5 Å². The Morgan fingerprint density at radius 2 is 1.89 bits per heavy atom. The van der Waals surface area contributed by atoms with Crippen LogP contribution < -0.4 is 5.32 Å². The Morgan fingerprint density at radius 3 is 2.59 bits per heavy atom. The molecule has 1 aromatic heterocycles. The first-order chi connectivity index (χ1) is 13.1. The molecule has 0 aliphatic carbocycles. The summed E-state index contributed by atoms with van der Waals surface area (Å²) in [6.45, 7) is 7.38. The van der Waals surface area contributed by atoms with Gasteiger partial charge in [-0.3, -0.25) is 9.69 Å². The van der Waals surface area contributed by atoms with E-state index in [1.54, 1.807) is 0 Å². The number of allylic oxidation sites excluding steroid dienone is 1. The quantitative estimate of drug-likeness (QED) is 0.738. The molecule has 0 unspecified atom stereocenters. The fraction of sp³-hybridized carbons (Fsp3) is 0.435. The lowest BCUT2D eigenvalue weighted by atomic mass is 10.0. The molecule has 4 heteroatoms. The predicted molar refractivity (Wildman–Crippen MR) is 110 cm³/mol. The van der Waals surface area contributed by atoms with E-state index in [1.807, 2.05) is 42.5 Å². The van der Waals surface area contributed by atoms with Gasteiger partial charge >= 0.3 is 0 Å². The topological polar surface area (TPSA) is 45.5 Å². The van der Waals surface area contributed by atoms with Gasteiger partial charge in [0.15, 0.2) is 0 Å². The van der Waals surface area contributed by atoms with Gasteiger partial charge in [0.05, 0.1) is 0 Å². The van der Waals surface area contributed by atoms with Gasteiger partial charge < -0.3 is 9.73 Å². The molecule has 1 saturated heterocycles. The smallest absolute Gasteiger partial charge is 0.220 e. The number of aryl methyl sites for hydroxylation is 1. The van der Waals surface area contributed by atoms with E-state index in [4.69, 9.17) is 4.42 Å². The fourth-order valence-electron chi connectivity index (χ4n) is 3.38. The summed E-state index contributed by atoms with van der Waals surface area (Å²) >= 11 is 0. The Bertz CT molecular complexity index is 752. The molecule has 0 bridgehead atoms. The number of benzene rings is 1. The minimum absolute atomic E-state index is 0.121. The lowest BCUT2D eigenvalue weighted by Crippen LogP contribution is -2.44. The molecule has 1 aromatic carbocycles. The second-order valence-electron chi connectivity index (χ2n) is 7.56. The summed E-state index contributed by atoms with van der Waals surface area (Å²) in [4.78, 5) is 14.7. The van der Waals surface area contributed by atoms with Crippen molar-refractivity contribution in [3.8, 4) is 11.3 Å². The zero-order valence-corrected chi connectivity index (χ0v) is 16.4. The number of nitrogens with one attached hydrogen (secondary N) is 1. The van der Waals surface area contributed by atoms with Gasteiger partial charge in [0.2, 0.25) is 5.91 Å². The summed E-state index contributed by atoms with van der Waals surface area (Å²) in [6.07, 6.45) is 5.44. The SMILES string of the molecule is CC(C)=CCN1CCC(NC(=O)CCc2ccc(-c3ccccc3)o2)CC1. The normalized spacial score (nSPS) is 15.5. The molecule has 1 aliphatic heterocycles. The van der Waals surface area contributed by atoms with Crippen LogP contribution in [0.5, 0.6) is 0 Å². The number of carbonyl (C=O) groups is 1. The Hall–Kier alpha value is -2.33. The molecule has 2 aromatic rings. The van der Waals surface area contributed by atoms with Crippen LogP contribution >= 0.6 is 0 Å². The molecule has 27 heavy (non-hydrogen) atoms. The third-order valence-electron chi connectivity index (χ3n) is 5.03. The summed E-state index contributed by atoms with van der Waals surface area (Å²) in [5, 5.41) is 3.19. The minimum atomic E-state index is 0.121. The zero-order chi connectivity index (χ0) is 19.1. The number of likely N-dealkylation sites (tertiary alicyclic amines) is 1. The second-order valence-corrected chi connectivity index (χ2v) is 7.56. The average Bonchev–Trinajstić information content (AvgIpc) is 3.16. The molecule has 4 nitrogen and oxygen atoms in total. The van der Waals surface area contributed by atoms with Crippen LogP contribution in [0.3, 0.4) is 0 Å². The van der Waals surface area contributed by atoms with Crippen molar-refractivity contribution in [3.63, 3.8) is 0 Å². The molecule has 144 valence electrons. The molecule has 1 fully saturated rings. The molecule has 0 radical (unpaired) electrons. The van der Waals surface area contributed by atoms with Crippen LogP contribution in [0.1, 0.15) is 38.9 Å². The average molecular weight is 367 g/mol. The van der Waals surface area contributed by atoms with Crippen LogP contribution in [0.25, 0.3) is 11.3 Å². The van der Waals surface area contributed by atoms with Crippen molar-refractivity contribution in [1.82, 2.24) is 10.2 Å². The number of rotatable bonds is 7. The first-order valence-electron chi connectivity index (χ1n) is 9.89. The second kappa shape index (κ2) is 9.56. The first kappa shape index (κ1) is 19.4. The van der Waals surface area contributed by atoms with Crippen molar-refractivity contribution < 1.29 is 9.21 Å². The molecular formula is C23H30N2O2. The maximum Gasteiger partial charge on any atom is 0.220 e. The Balaban J connectivity index is 1.39. The highest BCUT2D eigenvalue weighted by atomic mass is 16.3. The van der Waals surface area contributed by atoms with E-state index in [9.17, 15) is 4.79 Å². The van der Waals surface area contributed by atoms with Crippen LogP contribution in [-0.2, 0) is 11.2 Å². The highest BCUT2D eigenvalue weighted by Crippen LogP contribution is 2.22. The van der Waals surface area contributed by atoms with E-state index < -0.39 is 0 Å². The van der Waals surface area contributed by atoms with Crippen molar-refractivity contribution in [2.45, 2.75) is 45.6 Å². The lowest BCUT2D eigenvalue weighted by molar-refractivity contribution is -0.122. The third kappa shape index (κ3) is 6.10. The zero-order valence-electron chi connectivity index (χ0n) is 16.4. The minimum Gasteiger partial charge on any atom is -0.461 e. The molecule has 3 rings (SSSR count). The Kier molecular flexibility index (Phi) is 6.88.